The number of sulfonamides is 1. The molecule has 1 aliphatic rings. The van der Waals surface area contributed by atoms with Gasteiger partial charge in [-0.1, -0.05) is 13.3 Å². The van der Waals surface area contributed by atoms with Crippen molar-refractivity contribution >= 4 is 10.0 Å². The topological polar surface area (TPSA) is 49.4 Å². The molecule has 0 heterocycles. The van der Waals surface area contributed by atoms with Crippen LogP contribution >= 0.6 is 0 Å². The molecule has 16 heavy (non-hydrogen) atoms. The van der Waals surface area contributed by atoms with E-state index in [1.165, 1.54) is 19.3 Å². The molecule has 0 spiro atoms. The van der Waals surface area contributed by atoms with Crippen LogP contribution in [-0.2, 0) is 10.0 Å². The van der Waals surface area contributed by atoms with Gasteiger partial charge in [-0.15, -0.1) is 0 Å². The highest BCUT2D eigenvalue weighted by molar-refractivity contribution is 7.89. The van der Waals surface area contributed by atoms with Crippen LogP contribution in [0, 0.1) is 5.92 Å². The molecule has 1 fully saturated rings. The summed E-state index contributed by atoms with van der Waals surface area (Å²) in [6, 6.07) is 0. The van der Waals surface area contributed by atoms with E-state index >= 15 is 0 Å². The van der Waals surface area contributed by atoms with Gasteiger partial charge in [-0.3, -0.25) is 0 Å². The van der Waals surface area contributed by atoms with Crippen molar-refractivity contribution in [3.63, 3.8) is 0 Å². The molecule has 1 aliphatic carbocycles. The summed E-state index contributed by atoms with van der Waals surface area (Å²) in [6.45, 7) is 5.51. The lowest BCUT2D eigenvalue weighted by atomic mass is 9.85. The van der Waals surface area contributed by atoms with Crippen molar-refractivity contribution in [2.24, 2.45) is 5.92 Å². The summed E-state index contributed by atoms with van der Waals surface area (Å²) in [4.78, 5) is 0. The smallest absolute Gasteiger partial charge is 0.217 e. The zero-order valence-electron chi connectivity index (χ0n) is 10.6. The first-order chi connectivity index (χ1) is 7.52. The zero-order valence-corrected chi connectivity index (χ0v) is 11.4. The monoisotopic (exact) mass is 248 g/mol. The molecule has 5 heteroatoms. The fraction of sp³-hybridized carbons (Fsp3) is 1.00. The lowest BCUT2D eigenvalue weighted by Crippen LogP contribution is -2.44. The minimum atomic E-state index is -3.11. The third-order valence-electron chi connectivity index (χ3n) is 3.40. The van der Waals surface area contributed by atoms with Crippen LogP contribution in [0.4, 0.5) is 0 Å². The van der Waals surface area contributed by atoms with Crippen LogP contribution < -0.4 is 5.32 Å². The third-order valence-corrected chi connectivity index (χ3v) is 5.71. The normalized spacial score (nSPS) is 19.8. The summed E-state index contributed by atoms with van der Waals surface area (Å²) in [6.07, 6.45) is 3.63. The van der Waals surface area contributed by atoms with Gasteiger partial charge in [-0.2, -0.15) is 0 Å². The van der Waals surface area contributed by atoms with Gasteiger partial charge in [0.2, 0.25) is 10.0 Å². The predicted octanol–water partition coefficient (Wildman–Crippen LogP) is 1.05. The van der Waals surface area contributed by atoms with Crippen LogP contribution in [0.15, 0.2) is 0 Å². The largest absolute Gasteiger partial charge is 0.318 e. The number of hydrogen-bond acceptors (Lipinski definition) is 3. The van der Waals surface area contributed by atoms with Crippen molar-refractivity contribution < 1.29 is 8.42 Å². The maximum Gasteiger partial charge on any atom is 0.217 e. The highest BCUT2D eigenvalue weighted by Crippen LogP contribution is 2.28. The van der Waals surface area contributed by atoms with Crippen LogP contribution in [0.5, 0.6) is 0 Å². The first-order valence-electron chi connectivity index (χ1n) is 6.16. The Kier molecular flexibility index (Phi) is 5.21. The molecule has 4 nitrogen and oxygen atoms in total. The van der Waals surface area contributed by atoms with E-state index < -0.39 is 10.0 Å². The van der Waals surface area contributed by atoms with Crippen LogP contribution in [-0.4, -0.2) is 44.7 Å². The number of nitrogens with zero attached hydrogens (tertiary/aromatic N) is 1. The molecule has 96 valence electrons. The molecule has 0 aromatic rings. The van der Waals surface area contributed by atoms with Crippen LogP contribution in [0.25, 0.3) is 0 Å². The Morgan fingerprint density at radius 3 is 2.44 bits per heavy atom. The molecule has 0 aliphatic heterocycles. The second kappa shape index (κ2) is 5.98. The Morgan fingerprint density at radius 1 is 1.44 bits per heavy atom. The SMILES string of the molecule is CCN(CC1CCC1)S(=O)(=O)C(C)CNC. The Hall–Kier alpha value is -0.130. The number of hydrogen-bond donors (Lipinski definition) is 1. The fourth-order valence-electron chi connectivity index (χ4n) is 2.02. The fourth-order valence-corrected chi connectivity index (χ4v) is 3.69. The van der Waals surface area contributed by atoms with Gasteiger partial charge in [0.25, 0.3) is 0 Å². The maximum atomic E-state index is 12.2. The molecule has 0 aromatic heterocycles. The van der Waals surface area contributed by atoms with Crippen molar-refractivity contribution in [1.29, 1.82) is 0 Å². The van der Waals surface area contributed by atoms with Crippen LogP contribution in [0.1, 0.15) is 33.1 Å². The molecule has 1 N–H and O–H groups in total. The van der Waals surface area contributed by atoms with E-state index in [0.717, 1.165) is 0 Å². The van der Waals surface area contributed by atoms with Crippen molar-refractivity contribution in [3.05, 3.63) is 0 Å². The van der Waals surface area contributed by atoms with Gasteiger partial charge in [-0.25, -0.2) is 12.7 Å². The van der Waals surface area contributed by atoms with Crippen molar-refractivity contribution in [2.45, 2.75) is 38.4 Å². The lowest BCUT2D eigenvalue weighted by Gasteiger charge is -2.32. The van der Waals surface area contributed by atoms with Gasteiger partial charge in [0, 0.05) is 19.6 Å². The van der Waals surface area contributed by atoms with E-state index in [9.17, 15) is 8.42 Å². The van der Waals surface area contributed by atoms with Gasteiger partial charge in [0.05, 0.1) is 5.25 Å². The minimum Gasteiger partial charge on any atom is -0.318 e. The highest BCUT2D eigenvalue weighted by atomic mass is 32.2. The van der Waals surface area contributed by atoms with Crippen LogP contribution in [0.3, 0.4) is 0 Å². The summed E-state index contributed by atoms with van der Waals surface area (Å²) in [5.74, 6) is 0.594. The zero-order chi connectivity index (χ0) is 12.2. The second-order valence-corrected chi connectivity index (χ2v) is 7.01. The molecule has 0 radical (unpaired) electrons. The summed E-state index contributed by atoms with van der Waals surface area (Å²) in [5, 5.41) is 2.59. The standard InChI is InChI=1S/C11H24N2O2S/c1-4-13(9-11-6-5-7-11)16(14,15)10(2)8-12-3/h10-12H,4-9H2,1-3H3. The van der Waals surface area contributed by atoms with Gasteiger partial charge >= 0.3 is 0 Å². The van der Waals surface area contributed by atoms with E-state index in [-0.39, 0.29) is 5.25 Å². The maximum absolute atomic E-state index is 12.2. The molecule has 0 saturated heterocycles. The van der Waals surface area contributed by atoms with Crippen molar-refractivity contribution in [3.8, 4) is 0 Å². The summed E-state index contributed by atoms with van der Waals surface area (Å²) in [5.41, 5.74) is 0. The summed E-state index contributed by atoms with van der Waals surface area (Å²) < 4.78 is 26.1. The highest BCUT2D eigenvalue weighted by Gasteiger charge is 2.30. The average molecular weight is 248 g/mol. The molecular weight excluding hydrogens is 224 g/mol. The van der Waals surface area contributed by atoms with E-state index in [2.05, 4.69) is 5.32 Å². The van der Waals surface area contributed by atoms with Crippen LogP contribution in [0.2, 0.25) is 0 Å². The first-order valence-corrected chi connectivity index (χ1v) is 7.66. The Labute approximate surface area is 99.5 Å². The van der Waals surface area contributed by atoms with E-state index in [1.54, 1.807) is 18.3 Å². The number of rotatable bonds is 7. The second-order valence-electron chi connectivity index (χ2n) is 4.66. The van der Waals surface area contributed by atoms with Gasteiger partial charge in [0.15, 0.2) is 0 Å². The summed E-state index contributed by atoms with van der Waals surface area (Å²) >= 11 is 0. The minimum absolute atomic E-state index is 0.336. The first kappa shape index (κ1) is 13.9. The van der Waals surface area contributed by atoms with Crippen molar-refractivity contribution in [2.75, 3.05) is 26.7 Å². The van der Waals surface area contributed by atoms with Crippen molar-refractivity contribution in [1.82, 2.24) is 9.62 Å². The molecule has 1 unspecified atom stereocenters. The lowest BCUT2D eigenvalue weighted by molar-refractivity contribution is 0.248. The molecule has 1 atom stereocenters. The molecule has 1 rings (SSSR count). The Morgan fingerprint density at radius 2 is 2.06 bits per heavy atom. The van der Waals surface area contributed by atoms with Gasteiger partial charge in [-0.05, 0) is 32.7 Å². The quantitative estimate of drug-likeness (QED) is 0.732. The molecular formula is C11H24N2O2S. The average Bonchev–Trinajstić information content (AvgIpc) is 2.16. The molecule has 1 saturated carbocycles. The molecule has 0 bridgehead atoms. The van der Waals surface area contributed by atoms with Gasteiger partial charge < -0.3 is 5.32 Å². The predicted molar refractivity (Wildman–Crippen MR) is 66.9 cm³/mol. The Balaban J connectivity index is 2.61. The molecule has 0 aromatic carbocycles. The van der Waals surface area contributed by atoms with E-state index in [1.807, 2.05) is 6.92 Å². The van der Waals surface area contributed by atoms with E-state index in [4.69, 9.17) is 0 Å². The number of nitrogens with one attached hydrogen (secondary N) is 1. The van der Waals surface area contributed by atoms with E-state index in [0.29, 0.717) is 25.6 Å². The van der Waals surface area contributed by atoms with Gasteiger partial charge in [0.1, 0.15) is 0 Å². The summed E-state index contributed by atoms with van der Waals surface area (Å²) in [7, 11) is -1.33. The molecule has 0 amide bonds. The third kappa shape index (κ3) is 3.18. The Bertz CT molecular complexity index is 299.